The van der Waals surface area contributed by atoms with Gasteiger partial charge in [-0.25, -0.2) is 4.39 Å². The summed E-state index contributed by atoms with van der Waals surface area (Å²) in [6, 6.07) is 4.02. The number of nitro groups is 1. The van der Waals surface area contributed by atoms with Crippen LogP contribution >= 0.6 is 0 Å². The van der Waals surface area contributed by atoms with Crippen LogP contribution in [0, 0.1) is 15.9 Å². The second-order valence-electron chi connectivity index (χ2n) is 3.03. The standard InChI is InChI=1S/C9H10FNO3/c1-6(11(13)14)9(12)7-3-2-4-8(10)5-7/h2-6,9,12H,1H3/t6-,9-/m0/s1. The Morgan fingerprint density at radius 3 is 2.71 bits per heavy atom. The summed E-state index contributed by atoms with van der Waals surface area (Å²) in [7, 11) is 0. The Morgan fingerprint density at radius 2 is 2.21 bits per heavy atom. The molecule has 4 nitrogen and oxygen atoms in total. The van der Waals surface area contributed by atoms with E-state index >= 15 is 0 Å². The molecule has 0 amide bonds. The van der Waals surface area contributed by atoms with Crippen LogP contribution in [0.1, 0.15) is 18.6 Å². The number of nitrogens with zero attached hydrogens (tertiary/aromatic N) is 1. The minimum absolute atomic E-state index is 0.217. The Morgan fingerprint density at radius 1 is 1.57 bits per heavy atom. The maximum Gasteiger partial charge on any atom is 0.239 e. The van der Waals surface area contributed by atoms with Crippen molar-refractivity contribution in [3.63, 3.8) is 0 Å². The SMILES string of the molecule is C[C@@H]([C@H](O)c1cccc(F)c1)[N+](=O)[O-]. The lowest BCUT2D eigenvalue weighted by molar-refractivity contribution is -0.531. The van der Waals surface area contributed by atoms with E-state index in [9.17, 15) is 19.6 Å². The van der Waals surface area contributed by atoms with Crippen LogP contribution in [0.15, 0.2) is 24.3 Å². The lowest BCUT2D eigenvalue weighted by atomic mass is 10.0. The van der Waals surface area contributed by atoms with Gasteiger partial charge in [0, 0.05) is 11.8 Å². The first-order valence-electron chi connectivity index (χ1n) is 4.09. The maximum absolute atomic E-state index is 12.7. The van der Waals surface area contributed by atoms with Gasteiger partial charge in [-0.2, -0.15) is 0 Å². The van der Waals surface area contributed by atoms with Gasteiger partial charge < -0.3 is 5.11 Å². The van der Waals surface area contributed by atoms with Crippen LogP contribution in [-0.2, 0) is 0 Å². The number of halogens is 1. The molecule has 14 heavy (non-hydrogen) atoms. The Bertz CT molecular complexity index is 343. The molecule has 1 N–H and O–H groups in total. The molecule has 0 fully saturated rings. The summed E-state index contributed by atoms with van der Waals surface area (Å²) in [5.41, 5.74) is 0.217. The smallest absolute Gasteiger partial charge is 0.239 e. The van der Waals surface area contributed by atoms with Gasteiger partial charge in [0.25, 0.3) is 0 Å². The van der Waals surface area contributed by atoms with Crippen molar-refractivity contribution in [1.82, 2.24) is 0 Å². The van der Waals surface area contributed by atoms with Gasteiger partial charge in [0.05, 0.1) is 0 Å². The molecular formula is C9H10FNO3. The number of hydrogen-bond donors (Lipinski definition) is 1. The zero-order chi connectivity index (χ0) is 10.7. The molecule has 1 rings (SSSR count). The molecule has 0 aliphatic carbocycles. The van der Waals surface area contributed by atoms with Crippen molar-refractivity contribution in [3.05, 3.63) is 45.8 Å². The second-order valence-corrected chi connectivity index (χ2v) is 3.03. The third-order valence-corrected chi connectivity index (χ3v) is 1.98. The highest BCUT2D eigenvalue weighted by molar-refractivity contribution is 5.19. The quantitative estimate of drug-likeness (QED) is 0.593. The van der Waals surface area contributed by atoms with Crippen molar-refractivity contribution in [2.45, 2.75) is 19.1 Å². The Labute approximate surface area is 80.1 Å². The Balaban J connectivity index is 2.89. The van der Waals surface area contributed by atoms with Crippen LogP contribution < -0.4 is 0 Å². The fraction of sp³-hybridized carbons (Fsp3) is 0.333. The highest BCUT2D eigenvalue weighted by Gasteiger charge is 2.25. The fourth-order valence-electron chi connectivity index (χ4n) is 1.08. The van der Waals surface area contributed by atoms with Gasteiger partial charge >= 0.3 is 0 Å². The van der Waals surface area contributed by atoms with Crippen molar-refractivity contribution in [3.8, 4) is 0 Å². The number of aliphatic hydroxyl groups excluding tert-OH is 1. The summed E-state index contributed by atoms with van der Waals surface area (Å²) in [4.78, 5) is 9.75. The van der Waals surface area contributed by atoms with Gasteiger partial charge in [-0.05, 0) is 17.7 Å². The van der Waals surface area contributed by atoms with Gasteiger partial charge in [-0.1, -0.05) is 12.1 Å². The predicted octanol–water partition coefficient (Wildman–Crippen LogP) is 1.52. The van der Waals surface area contributed by atoms with E-state index in [-0.39, 0.29) is 5.56 Å². The molecule has 0 aliphatic rings. The van der Waals surface area contributed by atoms with Crippen molar-refractivity contribution >= 4 is 0 Å². The number of aliphatic hydroxyl groups is 1. The largest absolute Gasteiger partial charge is 0.381 e. The van der Waals surface area contributed by atoms with E-state index in [2.05, 4.69) is 0 Å². The lowest BCUT2D eigenvalue weighted by Gasteiger charge is -2.12. The predicted molar refractivity (Wildman–Crippen MR) is 47.8 cm³/mol. The normalized spacial score (nSPS) is 14.8. The fourth-order valence-corrected chi connectivity index (χ4v) is 1.08. The maximum atomic E-state index is 12.7. The summed E-state index contributed by atoms with van der Waals surface area (Å²) in [5.74, 6) is -0.517. The topological polar surface area (TPSA) is 63.4 Å². The highest BCUT2D eigenvalue weighted by Crippen LogP contribution is 2.18. The third kappa shape index (κ3) is 2.26. The number of hydrogen-bond acceptors (Lipinski definition) is 3. The first kappa shape index (κ1) is 10.6. The number of benzene rings is 1. The molecule has 0 unspecified atom stereocenters. The molecule has 0 radical (unpaired) electrons. The molecule has 76 valence electrons. The minimum atomic E-state index is -1.28. The van der Waals surface area contributed by atoms with Crippen LogP contribution in [0.5, 0.6) is 0 Å². The average Bonchev–Trinajstić information content (AvgIpc) is 2.15. The van der Waals surface area contributed by atoms with Crippen LogP contribution in [0.2, 0.25) is 0 Å². The van der Waals surface area contributed by atoms with E-state index in [4.69, 9.17) is 0 Å². The summed E-state index contributed by atoms with van der Waals surface area (Å²) >= 11 is 0. The van der Waals surface area contributed by atoms with Crippen molar-refractivity contribution < 1.29 is 14.4 Å². The first-order valence-corrected chi connectivity index (χ1v) is 4.09. The molecule has 0 spiro atoms. The summed E-state index contributed by atoms with van der Waals surface area (Å²) < 4.78 is 12.7. The van der Waals surface area contributed by atoms with E-state index in [0.717, 1.165) is 6.07 Å². The van der Waals surface area contributed by atoms with Gasteiger partial charge in [0.2, 0.25) is 6.04 Å². The summed E-state index contributed by atoms with van der Waals surface area (Å²) in [6.07, 6.45) is -1.28. The van der Waals surface area contributed by atoms with Crippen LogP contribution in [0.3, 0.4) is 0 Å². The molecule has 0 aliphatic heterocycles. The van der Waals surface area contributed by atoms with E-state index in [1.54, 1.807) is 0 Å². The molecule has 0 heterocycles. The van der Waals surface area contributed by atoms with Gasteiger partial charge in [-0.15, -0.1) is 0 Å². The molecule has 5 heteroatoms. The molecule has 0 saturated heterocycles. The molecule has 0 aromatic heterocycles. The highest BCUT2D eigenvalue weighted by atomic mass is 19.1. The minimum Gasteiger partial charge on any atom is -0.381 e. The lowest BCUT2D eigenvalue weighted by Crippen LogP contribution is -2.23. The van der Waals surface area contributed by atoms with E-state index in [0.29, 0.717) is 0 Å². The molecule has 2 atom stereocenters. The van der Waals surface area contributed by atoms with Crippen LogP contribution in [0.25, 0.3) is 0 Å². The van der Waals surface area contributed by atoms with E-state index in [1.165, 1.54) is 25.1 Å². The zero-order valence-electron chi connectivity index (χ0n) is 7.55. The summed E-state index contributed by atoms with van der Waals surface area (Å²) in [6.45, 7) is 1.27. The molecule has 0 bridgehead atoms. The van der Waals surface area contributed by atoms with Crippen LogP contribution in [0.4, 0.5) is 4.39 Å². The first-order chi connectivity index (χ1) is 6.52. The van der Waals surface area contributed by atoms with Gasteiger partial charge in [0.1, 0.15) is 11.9 Å². The van der Waals surface area contributed by atoms with Crippen molar-refractivity contribution in [2.24, 2.45) is 0 Å². The van der Waals surface area contributed by atoms with E-state index < -0.39 is 22.9 Å². The molecular weight excluding hydrogens is 189 g/mol. The Hall–Kier alpha value is -1.49. The second kappa shape index (κ2) is 4.15. The summed E-state index contributed by atoms with van der Waals surface area (Å²) in [5, 5.41) is 19.8. The zero-order valence-corrected chi connectivity index (χ0v) is 7.55. The van der Waals surface area contributed by atoms with Gasteiger partial charge in [0.15, 0.2) is 0 Å². The molecule has 1 aromatic rings. The molecule has 1 aromatic carbocycles. The number of rotatable bonds is 3. The van der Waals surface area contributed by atoms with E-state index in [1.807, 2.05) is 0 Å². The third-order valence-electron chi connectivity index (χ3n) is 1.98. The van der Waals surface area contributed by atoms with Crippen molar-refractivity contribution in [1.29, 1.82) is 0 Å². The average molecular weight is 199 g/mol. The van der Waals surface area contributed by atoms with Gasteiger partial charge in [-0.3, -0.25) is 10.1 Å². The van der Waals surface area contributed by atoms with Crippen LogP contribution in [-0.4, -0.2) is 16.1 Å². The Kier molecular flexibility index (Phi) is 3.14. The monoisotopic (exact) mass is 199 g/mol. The van der Waals surface area contributed by atoms with Crippen molar-refractivity contribution in [2.75, 3.05) is 0 Å². The molecule has 0 saturated carbocycles.